The summed E-state index contributed by atoms with van der Waals surface area (Å²) < 4.78 is 5.96. The number of nitrogens with one attached hydrogen (secondary N) is 1. The maximum atomic E-state index is 6.21. The van der Waals surface area contributed by atoms with Crippen LogP contribution in [0.2, 0.25) is 25.1 Å². The molecule has 0 heterocycles. The molecule has 0 saturated heterocycles. The van der Waals surface area contributed by atoms with E-state index < -0.39 is 0 Å². The van der Waals surface area contributed by atoms with Gasteiger partial charge in [-0.15, -0.1) is 0 Å². The number of halogens is 5. The predicted molar refractivity (Wildman–Crippen MR) is 116 cm³/mol. The summed E-state index contributed by atoms with van der Waals surface area (Å²) in [4.78, 5) is 0. The highest BCUT2D eigenvalue weighted by atomic mass is 35.5. The van der Waals surface area contributed by atoms with Crippen molar-refractivity contribution in [3.05, 3.63) is 90.8 Å². The molecule has 0 aliphatic carbocycles. The quantitative estimate of drug-likeness (QED) is 0.400. The fourth-order valence-corrected chi connectivity index (χ4v) is 3.45. The molecule has 140 valence electrons. The number of ether oxygens (including phenoxy) is 1. The van der Waals surface area contributed by atoms with E-state index in [9.17, 15) is 0 Å². The Morgan fingerprint density at radius 1 is 0.741 bits per heavy atom. The molecular weight excluding hydrogens is 447 g/mol. The summed E-state index contributed by atoms with van der Waals surface area (Å²) >= 11 is 30.6. The minimum absolute atomic E-state index is 0.250. The van der Waals surface area contributed by atoms with Crippen molar-refractivity contribution < 1.29 is 4.74 Å². The van der Waals surface area contributed by atoms with Crippen LogP contribution in [0.4, 0.5) is 5.69 Å². The fourth-order valence-electron chi connectivity index (χ4n) is 2.45. The Bertz CT molecular complexity index is 941. The van der Waals surface area contributed by atoms with E-state index in [0.29, 0.717) is 37.4 Å². The van der Waals surface area contributed by atoms with E-state index in [1.807, 2.05) is 18.2 Å². The zero-order chi connectivity index (χ0) is 19.4. The van der Waals surface area contributed by atoms with Crippen molar-refractivity contribution in [3.63, 3.8) is 0 Å². The van der Waals surface area contributed by atoms with E-state index in [1.165, 1.54) is 0 Å². The third kappa shape index (κ3) is 5.37. The molecule has 3 aromatic carbocycles. The van der Waals surface area contributed by atoms with Crippen LogP contribution in [0.25, 0.3) is 0 Å². The van der Waals surface area contributed by atoms with Gasteiger partial charge in [-0.2, -0.15) is 0 Å². The van der Waals surface area contributed by atoms with Crippen LogP contribution < -0.4 is 10.1 Å². The Morgan fingerprint density at radius 3 is 2.19 bits per heavy atom. The lowest BCUT2D eigenvalue weighted by atomic mass is 10.2. The number of hydrogen-bond acceptors (Lipinski definition) is 2. The van der Waals surface area contributed by atoms with E-state index >= 15 is 0 Å². The summed E-state index contributed by atoms with van der Waals surface area (Å²) in [6.07, 6.45) is 0. The second-order valence-electron chi connectivity index (χ2n) is 5.72. The summed E-state index contributed by atoms with van der Waals surface area (Å²) in [7, 11) is 0. The molecule has 0 fully saturated rings. The highest BCUT2D eigenvalue weighted by molar-refractivity contribution is 6.42. The molecule has 0 amide bonds. The van der Waals surface area contributed by atoms with Crippen LogP contribution in [-0.4, -0.2) is 0 Å². The van der Waals surface area contributed by atoms with Gasteiger partial charge in [0.05, 0.1) is 10.0 Å². The molecular formula is C20H14Cl5NO. The average Bonchev–Trinajstić information content (AvgIpc) is 2.63. The van der Waals surface area contributed by atoms with E-state index in [-0.39, 0.29) is 6.61 Å². The van der Waals surface area contributed by atoms with E-state index in [2.05, 4.69) is 5.32 Å². The van der Waals surface area contributed by atoms with Crippen LogP contribution in [0.15, 0.2) is 54.6 Å². The summed E-state index contributed by atoms with van der Waals surface area (Å²) in [6, 6.07) is 16.1. The monoisotopic (exact) mass is 459 g/mol. The van der Waals surface area contributed by atoms with Gasteiger partial charge in [0.15, 0.2) is 0 Å². The minimum Gasteiger partial charge on any atom is -0.488 e. The van der Waals surface area contributed by atoms with Gasteiger partial charge in [0.1, 0.15) is 12.4 Å². The van der Waals surface area contributed by atoms with E-state index in [1.54, 1.807) is 36.4 Å². The van der Waals surface area contributed by atoms with Gasteiger partial charge in [-0.25, -0.2) is 0 Å². The number of hydrogen-bond donors (Lipinski definition) is 1. The van der Waals surface area contributed by atoms with E-state index in [0.717, 1.165) is 16.8 Å². The van der Waals surface area contributed by atoms with Gasteiger partial charge < -0.3 is 10.1 Å². The lowest BCUT2D eigenvalue weighted by Gasteiger charge is -2.15. The van der Waals surface area contributed by atoms with Gasteiger partial charge in [-0.05, 0) is 48.5 Å². The third-order valence-electron chi connectivity index (χ3n) is 3.86. The zero-order valence-electron chi connectivity index (χ0n) is 13.9. The summed E-state index contributed by atoms with van der Waals surface area (Å²) in [5, 5.41) is 6.01. The molecule has 1 N–H and O–H groups in total. The van der Waals surface area contributed by atoms with Crippen molar-refractivity contribution >= 4 is 63.7 Å². The van der Waals surface area contributed by atoms with Gasteiger partial charge in [-0.1, -0.05) is 64.1 Å². The van der Waals surface area contributed by atoms with Crippen LogP contribution in [0.1, 0.15) is 11.1 Å². The minimum atomic E-state index is 0.250. The highest BCUT2D eigenvalue weighted by Gasteiger charge is 2.10. The standard InChI is InChI=1S/C20H14Cl5NO/c21-13-4-7-20(27-11-15-16(22)2-1-3-17(15)23)12(8-13)10-26-14-5-6-18(24)19(25)9-14/h1-9,26H,10-11H2. The SMILES string of the molecule is Clc1ccc(OCc2c(Cl)cccc2Cl)c(CNc2ccc(Cl)c(Cl)c2)c1. The van der Waals surface area contributed by atoms with Crippen LogP contribution in [0.5, 0.6) is 5.75 Å². The maximum absolute atomic E-state index is 6.21. The molecule has 27 heavy (non-hydrogen) atoms. The Labute approximate surface area is 182 Å². The van der Waals surface area contributed by atoms with Crippen LogP contribution >= 0.6 is 58.0 Å². The first-order valence-electron chi connectivity index (χ1n) is 7.97. The Kier molecular flexibility index (Phi) is 7.02. The molecule has 3 aromatic rings. The number of rotatable bonds is 6. The normalized spacial score (nSPS) is 10.7. The van der Waals surface area contributed by atoms with Crippen molar-refractivity contribution in [2.24, 2.45) is 0 Å². The highest BCUT2D eigenvalue weighted by Crippen LogP contribution is 2.30. The largest absolute Gasteiger partial charge is 0.488 e. The molecule has 0 aliphatic heterocycles. The first-order valence-corrected chi connectivity index (χ1v) is 9.86. The Balaban J connectivity index is 1.75. The Morgan fingerprint density at radius 2 is 1.48 bits per heavy atom. The molecule has 0 bridgehead atoms. The third-order valence-corrected chi connectivity index (χ3v) is 5.54. The molecule has 2 nitrogen and oxygen atoms in total. The molecule has 0 saturated carbocycles. The number of anilines is 1. The molecule has 3 rings (SSSR count). The van der Waals surface area contributed by atoms with Gasteiger partial charge in [-0.3, -0.25) is 0 Å². The first kappa shape index (κ1) is 20.4. The summed E-state index contributed by atoms with van der Waals surface area (Å²) in [5.74, 6) is 0.683. The van der Waals surface area contributed by atoms with Gasteiger partial charge in [0.2, 0.25) is 0 Å². The first-order chi connectivity index (χ1) is 12.9. The molecule has 0 unspecified atom stereocenters. The maximum Gasteiger partial charge on any atom is 0.124 e. The van der Waals surface area contributed by atoms with Crippen molar-refractivity contribution in [2.75, 3.05) is 5.32 Å². The van der Waals surface area contributed by atoms with Crippen molar-refractivity contribution in [3.8, 4) is 5.75 Å². The fraction of sp³-hybridized carbons (Fsp3) is 0.100. The summed E-state index contributed by atoms with van der Waals surface area (Å²) in [5.41, 5.74) is 2.46. The topological polar surface area (TPSA) is 21.3 Å². The summed E-state index contributed by atoms with van der Waals surface area (Å²) in [6.45, 7) is 0.740. The molecule has 0 radical (unpaired) electrons. The Hall–Kier alpha value is -1.29. The van der Waals surface area contributed by atoms with Crippen molar-refractivity contribution in [1.82, 2.24) is 0 Å². The molecule has 0 spiro atoms. The molecule has 7 heteroatoms. The predicted octanol–water partition coefficient (Wildman–Crippen LogP) is 8.14. The lowest BCUT2D eigenvalue weighted by molar-refractivity contribution is 0.303. The molecule has 0 aromatic heterocycles. The number of benzene rings is 3. The van der Waals surface area contributed by atoms with Gasteiger partial charge in [0, 0.05) is 38.4 Å². The van der Waals surface area contributed by atoms with Crippen molar-refractivity contribution in [1.29, 1.82) is 0 Å². The van der Waals surface area contributed by atoms with Gasteiger partial charge in [0.25, 0.3) is 0 Å². The van der Waals surface area contributed by atoms with Gasteiger partial charge >= 0.3 is 0 Å². The van der Waals surface area contributed by atoms with Crippen LogP contribution in [-0.2, 0) is 13.2 Å². The molecule has 0 atom stereocenters. The lowest BCUT2D eigenvalue weighted by Crippen LogP contribution is -2.04. The smallest absolute Gasteiger partial charge is 0.124 e. The zero-order valence-corrected chi connectivity index (χ0v) is 17.7. The van der Waals surface area contributed by atoms with Crippen molar-refractivity contribution in [2.45, 2.75) is 13.2 Å². The van der Waals surface area contributed by atoms with Crippen LogP contribution in [0.3, 0.4) is 0 Å². The average molecular weight is 462 g/mol. The second-order valence-corrected chi connectivity index (χ2v) is 7.79. The van der Waals surface area contributed by atoms with E-state index in [4.69, 9.17) is 62.7 Å². The van der Waals surface area contributed by atoms with Crippen LogP contribution in [0, 0.1) is 0 Å². The molecule has 0 aliphatic rings. The second kappa shape index (κ2) is 9.27.